The number of hydrogen-bond donors (Lipinski definition) is 2. The zero-order valence-corrected chi connectivity index (χ0v) is 12.7. The van der Waals surface area contributed by atoms with Crippen molar-refractivity contribution < 1.29 is 15.0 Å². The average molecular weight is 284 g/mol. The zero-order chi connectivity index (χ0) is 14.7. The standard InChI is InChI=1S/C13H20N2O3S/c1-6(2)11-14-7(3)10(13(17)18)12(15-11)19-9(5)8(4)16/h6,8-9,16H,1-5H3,(H,17,18). The highest BCUT2D eigenvalue weighted by molar-refractivity contribution is 8.00. The zero-order valence-electron chi connectivity index (χ0n) is 11.8. The quantitative estimate of drug-likeness (QED) is 0.638. The molecule has 0 aromatic carbocycles. The van der Waals surface area contributed by atoms with Gasteiger partial charge in [0.05, 0.1) is 11.8 Å². The first-order valence-corrected chi connectivity index (χ1v) is 7.08. The van der Waals surface area contributed by atoms with E-state index in [1.807, 2.05) is 20.8 Å². The number of aryl methyl sites for hydroxylation is 1. The van der Waals surface area contributed by atoms with Gasteiger partial charge < -0.3 is 10.2 Å². The van der Waals surface area contributed by atoms with Crippen molar-refractivity contribution in [3.63, 3.8) is 0 Å². The first-order valence-electron chi connectivity index (χ1n) is 6.20. The number of aliphatic hydroxyl groups is 1. The van der Waals surface area contributed by atoms with Crippen LogP contribution in [0.15, 0.2) is 5.03 Å². The Balaban J connectivity index is 3.28. The lowest BCUT2D eigenvalue weighted by atomic mass is 10.2. The van der Waals surface area contributed by atoms with Crippen LogP contribution in [-0.2, 0) is 0 Å². The van der Waals surface area contributed by atoms with Crippen LogP contribution < -0.4 is 0 Å². The summed E-state index contributed by atoms with van der Waals surface area (Å²) in [7, 11) is 0. The summed E-state index contributed by atoms with van der Waals surface area (Å²) in [6, 6.07) is 0. The number of carboxylic acid groups (broad SMARTS) is 1. The van der Waals surface area contributed by atoms with E-state index in [1.165, 1.54) is 11.8 Å². The summed E-state index contributed by atoms with van der Waals surface area (Å²) in [6.45, 7) is 9.11. The molecular weight excluding hydrogens is 264 g/mol. The minimum absolute atomic E-state index is 0.127. The van der Waals surface area contributed by atoms with Gasteiger partial charge in [0.25, 0.3) is 0 Å². The van der Waals surface area contributed by atoms with Crippen molar-refractivity contribution in [2.45, 2.75) is 56.9 Å². The van der Waals surface area contributed by atoms with Crippen molar-refractivity contribution in [3.05, 3.63) is 17.1 Å². The van der Waals surface area contributed by atoms with E-state index in [0.29, 0.717) is 16.5 Å². The van der Waals surface area contributed by atoms with E-state index >= 15 is 0 Å². The van der Waals surface area contributed by atoms with Gasteiger partial charge in [-0.2, -0.15) is 0 Å². The van der Waals surface area contributed by atoms with Crippen LogP contribution in [0.1, 0.15) is 55.5 Å². The Hall–Kier alpha value is -1.14. The van der Waals surface area contributed by atoms with Gasteiger partial charge in [-0.3, -0.25) is 0 Å². The Morgan fingerprint density at radius 2 is 1.79 bits per heavy atom. The molecule has 106 valence electrons. The summed E-state index contributed by atoms with van der Waals surface area (Å²) in [4.78, 5) is 19.9. The molecule has 0 radical (unpaired) electrons. The van der Waals surface area contributed by atoms with E-state index in [0.717, 1.165) is 0 Å². The molecule has 6 heteroatoms. The summed E-state index contributed by atoms with van der Waals surface area (Å²) < 4.78 is 0. The maximum absolute atomic E-state index is 11.3. The second kappa shape index (κ2) is 6.34. The third-order valence-corrected chi connectivity index (χ3v) is 4.07. The lowest BCUT2D eigenvalue weighted by Gasteiger charge is -2.17. The summed E-state index contributed by atoms with van der Waals surface area (Å²) in [5.74, 6) is -0.279. The Kier molecular flexibility index (Phi) is 5.31. The van der Waals surface area contributed by atoms with Gasteiger partial charge in [0.15, 0.2) is 0 Å². The first kappa shape index (κ1) is 15.9. The van der Waals surface area contributed by atoms with Crippen LogP contribution in [-0.4, -0.2) is 37.5 Å². The SMILES string of the molecule is Cc1nc(C(C)C)nc(SC(C)C(C)O)c1C(=O)O. The maximum atomic E-state index is 11.3. The average Bonchev–Trinajstić information content (AvgIpc) is 2.27. The molecule has 2 N–H and O–H groups in total. The second-order valence-electron chi connectivity index (χ2n) is 4.87. The number of carboxylic acids is 1. The molecule has 0 spiro atoms. The van der Waals surface area contributed by atoms with Gasteiger partial charge in [0.1, 0.15) is 16.4 Å². The largest absolute Gasteiger partial charge is 0.478 e. The number of thioether (sulfide) groups is 1. The maximum Gasteiger partial charge on any atom is 0.340 e. The van der Waals surface area contributed by atoms with Crippen LogP contribution in [0, 0.1) is 6.92 Å². The van der Waals surface area contributed by atoms with Gasteiger partial charge in [0, 0.05) is 11.2 Å². The van der Waals surface area contributed by atoms with Crippen LogP contribution in [0.5, 0.6) is 0 Å². The van der Waals surface area contributed by atoms with E-state index < -0.39 is 12.1 Å². The van der Waals surface area contributed by atoms with Gasteiger partial charge in [-0.1, -0.05) is 32.5 Å². The van der Waals surface area contributed by atoms with Crippen molar-refractivity contribution in [3.8, 4) is 0 Å². The summed E-state index contributed by atoms with van der Waals surface area (Å²) in [5.41, 5.74) is 0.591. The Morgan fingerprint density at radius 1 is 1.21 bits per heavy atom. The molecule has 1 aromatic rings. The van der Waals surface area contributed by atoms with E-state index in [1.54, 1.807) is 13.8 Å². The van der Waals surface area contributed by atoms with E-state index in [9.17, 15) is 15.0 Å². The third kappa shape index (κ3) is 3.91. The fourth-order valence-electron chi connectivity index (χ4n) is 1.43. The number of aromatic carboxylic acids is 1. The number of nitrogens with zero attached hydrogens (tertiary/aromatic N) is 2. The molecule has 19 heavy (non-hydrogen) atoms. The smallest absolute Gasteiger partial charge is 0.340 e. The predicted octanol–water partition coefficient (Wildman–Crippen LogP) is 2.47. The number of carbonyl (C=O) groups is 1. The fraction of sp³-hybridized carbons (Fsp3) is 0.615. The highest BCUT2D eigenvalue weighted by Crippen LogP contribution is 2.29. The molecule has 0 fully saturated rings. The highest BCUT2D eigenvalue weighted by atomic mass is 32.2. The second-order valence-corrected chi connectivity index (χ2v) is 6.24. The van der Waals surface area contributed by atoms with Crippen molar-refractivity contribution in [1.29, 1.82) is 0 Å². The molecule has 0 saturated carbocycles. The number of rotatable bonds is 5. The number of aromatic nitrogens is 2. The van der Waals surface area contributed by atoms with Gasteiger partial charge in [-0.05, 0) is 13.8 Å². The van der Waals surface area contributed by atoms with Crippen molar-refractivity contribution in [2.75, 3.05) is 0 Å². The summed E-state index contributed by atoms with van der Waals surface area (Å²) >= 11 is 1.27. The van der Waals surface area contributed by atoms with Crippen molar-refractivity contribution in [1.82, 2.24) is 9.97 Å². The molecule has 1 aromatic heterocycles. The molecule has 1 rings (SSSR count). The van der Waals surface area contributed by atoms with Crippen molar-refractivity contribution >= 4 is 17.7 Å². The minimum Gasteiger partial charge on any atom is -0.478 e. The molecular formula is C13H20N2O3S. The molecule has 0 aliphatic heterocycles. The van der Waals surface area contributed by atoms with Crippen LogP contribution >= 0.6 is 11.8 Å². The molecule has 0 saturated heterocycles. The van der Waals surface area contributed by atoms with Gasteiger partial charge in [0.2, 0.25) is 0 Å². The lowest BCUT2D eigenvalue weighted by Crippen LogP contribution is -2.18. The van der Waals surface area contributed by atoms with Crippen LogP contribution in [0.3, 0.4) is 0 Å². The molecule has 2 atom stereocenters. The van der Waals surface area contributed by atoms with Gasteiger partial charge in [-0.15, -0.1) is 0 Å². The Morgan fingerprint density at radius 3 is 2.21 bits per heavy atom. The summed E-state index contributed by atoms with van der Waals surface area (Å²) in [5, 5.41) is 19.1. The summed E-state index contributed by atoms with van der Waals surface area (Å²) in [6.07, 6.45) is -0.538. The fourth-order valence-corrected chi connectivity index (χ4v) is 2.48. The van der Waals surface area contributed by atoms with E-state index in [4.69, 9.17) is 0 Å². The topological polar surface area (TPSA) is 83.3 Å². The molecule has 0 aliphatic carbocycles. The highest BCUT2D eigenvalue weighted by Gasteiger charge is 2.22. The van der Waals surface area contributed by atoms with Gasteiger partial charge >= 0.3 is 5.97 Å². The third-order valence-electron chi connectivity index (χ3n) is 2.78. The van der Waals surface area contributed by atoms with Gasteiger partial charge in [-0.25, -0.2) is 14.8 Å². The normalized spacial score (nSPS) is 14.5. The van der Waals surface area contributed by atoms with Crippen molar-refractivity contribution in [2.24, 2.45) is 0 Å². The van der Waals surface area contributed by atoms with E-state index in [2.05, 4.69) is 9.97 Å². The molecule has 1 heterocycles. The number of hydrogen-bond acceptors (Lipinski definition) is 5. The van der Waals surface area contributed by atoms with E-state index in [-0.39, 0.29) is 16.7 Å². The number of aliphatic hydroxyl groups excluding tert-OH is 1. The predicted molar refractivity (Wildman–Crippen MR) is 74.8 cm³/mol. The lowest BCUT2D eigenvalue weighted by molar-refractivity contribution is 0.0690. The monoisotopic (exact) mass is 284 g/mol. The minimum atomic E-state index is -1.03. The molecule has 0 aliphatic rings. The Bertz CT molecular complexity index is 475. The van der Waals surface area contributed by atoms with Crippen LogP contribution in [0.2, 0.25) is 0 Å². The molecule has 5 nitrogen and oxygen atoms in total. The molecule has 2 unspecified atom stereocenters. The first-order chi connectivity index (χ1) is 8.73. The van der Waals surface area contributed by atoms with Crippen LogP contribution in [0.4, 0.5) is 0 Å². The molecule has 0 bridgehead atoms. The Labute approximate surface area is 117 Å². The molecule has 0 amide bonds. The van der Waals surface area contributed by atoms with Crippen LogP contribution in [0.25, 0.3) is 0 Å².